The first-order chi connectivity index (χ1) is 6.72. The van der Waals surface area contributed by atoms with Crippen LogP contribution in [0.15, 0.2) is 24.3 Å². The van der Waals surface area contributed by atoms with Crippen molar-refractivity contribution in [1.29, 1.82) is 0 Å². The number of aliphatic hydroxyl groups excluding tert-OH is 1. The minimum Gasteiger partial charge on any atom is -0.392 e. The van der Waals surface area contributed by atoms with Gasteiger partial charge in [0.05, 0.1) is 6.10 Å². The standard InChI is InChI=1S/C12H19NO/c1-3-11-4-6-12(7-5-11)9-13-8-10(2)14/h4-7,10,13-14H,3,8-9H2,1-2H3. The zero-order chi connectivity index (χ0) is 10.4. The van der Waals surface area contributed by atoms with Gasteiger partial charge < -0.3 is 10.4 Å². The summed E-state index contributed by atoms with van der Waals surface area (Å²) in [6.07, 6.45) is 0.811. The molecule has 0 amide bonds. The summed E-state index contributed by atoms with van der Waals surface area (Å²) in [4.78, 5) is 0. The molecule has 0 aromatic heterocycles. The van der Waals surface area contributed by atoms with Gasteiger partial charge in [-0.15, -0.1) is 0 Å². The minimum atomic E-state index is -0.273. The third-order valence-electron chi connectivity index (χ3n) is 2.20. The zero-order valence-corrected chi connectivity index (χ0v) is 8.96. The maximum atomic E-state index is 9.05. The van der Waals surface area contributed by atoms with E-state index in [1.54, 1.807) is 6.92 Å². The molecule has 1 atom stereocenters. The Morgan fingerprint density at radius 1 is 1.21 bits per heavy atom. The fraction of sp³-hybridized carbons (Fsp3) is 0.500. The normalized spacial score (nSPS) is 12.8. The molecule has 1 aromatic rings. The topological polar surface area (TPSA) is 32.3 Å². The maximum absolute atomic E-state index is 9.05. The van der Waals surface area contributed by atoms with Crippen LogP contribution in [0.25, 0.3) is 0 Å². The Balaban J connectivity index is 2.36. The Bertz CT molecular complexity index is 254. The van der Waals surface area contributed by atoms with Crippen molar-refractivity contribution in [3.63, 3.8) is 0 Å². The lowest BCUT2D eigenvalue weighted by Crippen LogP contribution is -2.23. The van der Waals surface area contributed by atoms with Gasteiger partial charge in [0.15, 0.2) is 0 Å². The van der Waals surface area contributed by atoms with Crippen molar-refractivity contribution in [2.75, 3.05) is 6.54 Å². The van der Waals surface area contributed by atoms with Crippen LogP contribution >= 0.6 is 0 Å². The summed E-state index contributed by atoms with van der Waals surface area (Å²) in [5.41, 5.74) is 2.63. The predicted molar refractivity (Wildman–Crippen MR) is 59.2 cm³/mol. The van der Waals surface area contributed by atoms with Crippen molar-refractivity contribution in [2.45, 2.75) is 32.9 Å². The van der Waals surface area contributed by atoms with E-state index in [-0.39, 0.29) is 6.10 Å². The number of hydrogen-bond acceptors (Lipinski definition) is 2. The van der Waals surface area contributed by atoms with Crippen LogP contribution in [-0.2, 0) is 13.0 Å². The van der Waals surface area contributed by atoms with Gasteiger partial charge in [-0.25, -0.2) is 0 Å². The minimum absolute atomic E-state index is 0.273. The van der Waals surface area contributed by atoms with Gasteiger partial charge in [-0.3, -0.25) is 0 Å². The number of rotatable bonds is 5. The molecule has 0 heterocycles. The van der Waals surface area contributed by atoms with Crippen LogP contribution < -0.4 is 5.32 Å². The first kappa shape index (κ1) is 11.2. The second-order valence-electron chi connectivity index (χ2n) is 3.65. The van der Waals surface area contributed by atoms with E-state index >= 15 is 0 Å². The van der Waals surface area contributed by atoms with Gasteiger partial charge in [-0.1, -0.05) is 31.2 Å². The largest absolute Gasteiger partial charge is 0.392 e. The fourth-order valence-corrected chi connectivity index (χ4v) is 1.32. The average molecular weight is 193 g/mol. The van der Waals surface area contributed by atoms with Gasteiger partial charge in [-0.2, -0.15) is 0 Å². The highest BCUT2D eigenvalue weighted by molar-refractivity contribution is 5.22. The van der Waals surface area contributed by atoms with Crippen LogP contribution in [0.4, 0.5) is 0 Å². The molecule has 0 aliphatic rings. The van der Waals surface area contributed by atoms with Gasteiger partial charge in [0.2, 0.25) is 0 Å². The van der Waals surface area contributed by atoms with E-state index in [1.165, 1.54) is 11.1 Å². The SMILES string of the molecule is CCc1ccc(CNCC(C)O)cc1. The van der Waals surface area contributed by atoms with Gasteiger partial charge in [0, 0.05) is 13.1 Å². The smallest absolute Gasteiger partial charge is 0.0636 e. The molecule has 78 valence electrons. The monoisotopic (exact) mass is 193 g/mol. The molecule has 0 aliphatic heterocycles. The molecular weight excluding hydrogens is 174 g/mol. The van der Waals surface area contributed by atoms with E-state index in [0.29, 0.717) is 6.54 Å². The van der Waals surface area contributed by atoms with Crippen LogP contribution in [0.1, 0.15) is 25.0 Å². The van der Waals surface area contributed by atoms with E-state index in [4.69, 9.17) is 5.11 Å². The third-order valence-corrected chi connectivity index (χ3v) is 2.20. The Morgan fingerprint density at radius 3 is 2.29 bits per heavy atom. The van der Waals surface area contributed by atoms with Crippen LogP contribution in [0.3, 0.4) is 0 Å². The fourth-order valence-electron chi connectivity index (χ4n) is 1.32. The molecular formula is C12H19NO. The second kappa shape index (κ2) is 5.78. The average Bonchev–Trinajstić information content (AvgIpc) is 2.18. The summed E-state index contributed by atoms with van der Waals surface area (Å²) in [6.45, 7) is 5.41. The highest BCUT2D eigenvalue weighted by Crippen LogP contribution is 2.04. The lowest BCUT2D eigenvalue weighted by molar-refractivity contribution is 0.191. The van der Waals surface area contributed by atoms with E-state index < -0.39 is 0 Å². The van der Waals surface area contributed by atoms with Crippen molar-refractivity contribution in [3.8, 4) is 0 Å². The zero-order valence-electron chi connectivity index (χ0n) is 8.96. The Labute approximate surface area is 86.0 Å². The molecule has 2 N–H and O–H groups in total. The number of aliphatic hydroxyl groups is 1. The van der Waals surface area contributed by atoms with Crippen LogP contribution in [0.2, 0.25) is 0 Å². The van der Waals surface area contributed by atoms with Gasteiger partial charge in [0.25, 0.3) is 0 Å². The molecule has 1 unspecified atom stereocenters. The predicted octanol–water partition coefficient (Wildman–Crippen LogP) is 1.72. The summed E-state index contributed by atoms with van der Waals surface area (Å²) in [6, 6.07) is 8.57. The molecule has 2 heteroatoms. The van der Waals surface area contributed by atoms with Gasteiger partial charge in [0.1, 0.15) is 0 Å². The maximum Gasteiger partial charge on any atom is 0.0636 e. The Kier molecular flexibility index (Phi) is 4.63. The molecule has 1 rings (SSSR count). The molecule has 0 saturated carbocycles. The van der Waals surface area contributed by atoms with Crippen molar-refractivity contribution in [3.05, 3.63) is 35.4 Å². The molecule has 0 radical (unpaired) electrons. The van der Waals surface area contributed by atoms with E-state index in [0.717, 1.165) is 13.0 Å². The van der Waals surface area contributed by atoms with Crippen LogP contribution in [-0.4, -0.2) is 17.8 Å². The van der Waals surface area contributed by atoms with E-state index in [2.05, 4.69) is 36.5 Å². The van der Waals surface area contributed by atoms with E-state index in [1.807, 2.05) is 0 Å². The van der Waals surface area contributed by atoms with Crippen molar-refractivity contribution in [1.82, 2.24) is 5.32 Å². The summed E-state index contributed by atoms with van der Waals surface area (Å²) in [5.74, 6) is 0. The summed E-state index contributed by atoms with van der Waals surface area (Å²) in [7, 11) is 0. The van der Waals surface area contributed by atoms with Gasteiger partial charge >= 0.3 is 0 Å². The Morgan fingerprint density at radius 2 is 1.79 bits per heavy atom. The molecule has 2 nitrogen and oxygen atoms in total. The number of aryl methyl sites for hydroxylation is 1. The summed E-state index contributed by atoms with van der Waals surface area (Å²) in [5, 5.41) is 12.2. The quantitative estimate of drug-likeness (QED) is 0.746. The molecule has 0 bridgehead atoms. The summed E-state index contributed by atoms with van der Waals surface area (Å²) >= 11 is 0. The molecule has 0 spiro atoms. The van der Waals surface area contributed by atoms with Crippen LogP contribution in [0, 0.1) is 0 Å². The lowest BCUT2D eigenvalue weighted by atomic mass is 10.1. The highest BCUT2D eigenvalue weighted by Gasteiger charge is 1.95. The van der Waals surface area contributed by atoms with Gasteiger partial charge in [-0.05, 0) is 24.5 Å². The second-order valence-corrected chi connectivity index (χ2v) is 3.65. The number of nitrogens with one attached hydrogen (secondary N) is 1. The number of hydrogen-bond donors (Lipinski definition) is 2. The van der Waals surface area contributed by atoms with Crippen molar-refractivity contribution < 1.29 is 5.11 Å². The molecule has 0 aliphatic carbocycles. The number of benzene rings is 1. The van der Waals surface area contributed by atoms with Crippen molar-refractivity contribution in [2.24, 2.45) is 0 Å². The van der Waals surface area contributed by atoms with Crippen LogP contribution in [0.5, 0.6) is 0 Å². The van der Waals surface area contributed by atoms with E-state index in [9.17, 15) is 0 Å². The molecule has 0 saturated heterocycles. The molecule has 0 fully saturated rings. The molecule has 1 aromatic carbocycles. The lowest BCUT2D eigenvalue weighted by Gasteiger charge is -2.07. The summed E-state index contributed by atoms with van der Waals surface area (Å²) < 4.78 is 0. The Hall–Kier alpha value is -0.860. The highest BCUT2D eigenvalue weighted by atomic mass is 16.3. The first-order valence-corrected chi connectivity index (χ1v) is 5.19. The van der Waals surface area contributed by atoms with Crippen molar-refractivity contribution >= 4 is 0 Å². The first-order valence-electron chi connectivity index (χ1n) is 5.19. The third kappa shape index (κ3) is 3.90. The molecule has 14 heavy (non-hydrogen) atoms.